The number of aromatic nitrogens is 3. The second-order valence-corrected chi connectivity index (χ2v) is 5.39. The zero-order valence-corrected chi connectivity index (χ0v) is 12.2. The van der Waals surface area contributed by atoms with Crippen LogP contribution < -0.4 is 5.32 Å². The predicted octanol–water partition coefficient (Wildman–Crippen LogP) is 1.89. The number of aryl methyl sites for hydroxylation is 3. The summed E-state index contributed by atoms with van der Waals surface area (Å²) in [4.78, 5) is 16.5. The molecule has 2 heterocycles. The molecular formula is C12H16N4O2S. The highest BCUT2D eigenvalue weighted by Crippen LogP contribution is 2.23. The van der Waals surface area contributed by atoms with Gasteiger partial charge < -0.3 is 10.1 Å². The van der Waals surface area contributed by atoms with E-state index in [-0.39, 0.29) is 0 Å². The van der Waals surface area contributed by atoms with E-state index in [1.165, 1.54) is 18.4 Å². The van der Waals surface area contributed by atoms with Crippen molar-refractivity contribution in [2.75, 3.05) is 12.4 Å². The van der Waals surface area contributed by atoms with Crippen LogP contribution in [0.25, 0.3) is 0 Å². The number of rotatable bonds is 4. The second-order valence-electron chi connectivity index (χ2n) is 4.18. The maximum Gasteiger partial charge on any atom is 0.357 e. The quantitative estimate of drug-likeness (QED) is 0.866. The Balaban J connectivity index is 2.08. The Kier molecular flexibility index (Phi) is 3.84. The van der Waals surface area contributed by atoms with Crippen molar-refractivity contribution in [1.82, 2.24) is 14.8 Å². The average Bonchev–Trinajstić information content (AvgIpc) is 2.88. The van der Waals surface area contributed by atoms with E-state index in [9.17, 15) is 4.79 Å². The Labute approximate surface area is 115 Å². The molecule has 102 valence electrons. The van der Waals surface area contributed by atoms with E-state index >= 15 is 0 Å². The summed E-state index contributed by atoms with van der Waals surface area (Å²) in [5, 5.41) is 8.18. The summed E-state index contributed by atoms with van der Waals surface area (Å²) < 4.78 is 6.46. The molecule has 2 rings (SSSR count). The number of esters is 1. The minimum absolute atomic E-state index is 0.373. The number of hydrogen-bond donors (Lipinski definition) is 1. The smallest absolute Gasteiger partial charge is 0.357 e. The van der Waals surface area contributed by atoms with Gasteiger partial charge in [-0.15, -0.1) is 11.3 Å². The van der Waals surface area contributed by atoms with Gasteiger partial charge in [-0.05, 0) is 13.8 Å². The number of nitrogens with zero attached hydrogens (tertiary/aromatic N) is 3. The van der Waals surface area contributed by atoms with Gasteiger partial charge >= 0.3 is 5.97 Å². The number of methoxy groups -OCH3 is 1. The zero-order chi connectivity index (χ0) is 14.0. The minimum atomic E-state index is -0.403. The fourth-order valence-corrected chi connectivity index (χ4v) is 2.55. The molecule has 0 aliphatic carbocycles. The molecule has 7 heteroatoms. The standard InChI is InChI=1S/C12H16N4O2S/c1-7-9(6-16(3)15-7)5-13-12-14-10(8(2)19-12)11(17)18-4/h6H,5H2,1-4H3,(H,13,14). The molecule has 19 heavy (non-hydrogen) atoms. The van der Waals surface area contributed by atoms with Crippen LogP contribution in [0.2, 0.25) is 0 Å². The second kappa shape index (κ2) is 5.40. The summed E-state index contributed by atoms with van der Waals surface area (Å²) in [6, 6.07) is 0. The SMILES string of the molecule is COC(=O)c1nc(NCc2cn(C)nc2C)sc1C. The first kappa shape index (κ1) is 13.5. The Bertz CT molecular complexity index is 603. The van der Waals surface area contributed by atoms with Crippen LogP contribution in [0.15, 0.2) is 6.20 Å². The molecule has 0 fully saturated rings. The zero-order valence-electron chi connectivity index (χ0n) is 11.4. The molecule has 0 saturated heterocycles. The summed E-state index contributed by atoms with van der Waals surface area (Å²) in [5.41, 5.74) is 2.46. The summed E-state index contributed by atoms with van der Waals surface area (Å²) >= 11 is 1.44. The van der Waals surface area contributed by atoms with Gasteiger partial charge in [0.15, 0.2) is 10.8 Å². The summed E-state index contributed by atoms with van der Waals surface area (Å²) in [7, 11) is 3.24. The Morgan fingerprint density at radius 3 is 2.84 bits per heavy atom. The van der Waals surface area contributed by atoms with E-state index in [4.69, 9.17) is 0 Å². The van der Waals surface area contributed by atoms with Crippen LogP contribution in [0.4, 0.5) is 5.13 Å². The number of nitrogens with one attached hydrogen (secondary N) is 1. The summed E-state index contributed by atoms with van der Waals surface area (Å²) in [6.45, 7) is 4.45. The summed E-state index contributed by atoms with van der Waals surface area (Å²) in [5.74, 6) is -0.403. The topological polar surface area (TPSA) is 69.0 Å². The highest BCUT2D eigenvalue weighted by molar-refractivity contribution is 7.15. The molecule has 0 bridgehead atoms. The van der Waals surface area contributed by atoms with E-state index in [0.717, 1.165) is 16.1 Å². The van der Waals surface area contributed by atoms with Gasteiger partial charge in [0.05, 0.1) is 12.8 Å². The van der Waals surface area contributed by atoms with Crippen LogP contribution in [0.1, 0.15) is 26.6 Å². The molecule has 0 unspecified atom stereocenters. The van der Waals surface area contributed by atoms with Crippen molar-refractivity contribution in [1.29, 1.82) is 0 Å². The first-order valence-corrected chi connectivity index (χ1v) is 6.61. The molecule has 0 aliphatic heterocycles. The molecule has 1 N–H and O–H groups in total. The average molecular weight is 280 g/mol. The van der Waals surface area contributed by atoms with Crippen molar-refractivity contribution < 1.29 is 9.53 Å². The number of carbonyl (C=O) groups excluding carboxylic acids is 1. The predicted molar refractivity (Wildman–Crippen MR) is 73.5 cm³/mol. The number of thiazole rings is 1. The van der Waals surface area contributed by atoms with Crippen molar-refractivity contribution in [3.05, 3.63) is 28.0 Å². The Hall–Kier alpha value is -1.89. The van der Waals surface area contributed by atoms with E-state index in [1.807, 2.05) is 27.1 Å². The third-order valence-corrected chi connectivity index (χ3v) is 3.65. The largest absolute Gasteiger partial charge is 0.464 e. The van der Waals surface area contributed by atoms with E-state index in [1.54, 1.807) is 4.68 Å². The minimum Gasteiger partial charge on any atom is -0.464 e. The highest BCUT2D eigenvalue weighted by Gasteiger charge is 2.15. The van der Waals surface area contributed by atoms with Crippen LogP contribution in [-0.4, -0.2) is 27.8 Å². The van der Waals surface area contributed by atoms with Gasteiger partial charge in [0.1, 0.15) is 0 Å². The van der Waals surface area contributed by atoms with Crippen LogP contribution in [0.5, 0.6) is 0 Å². The lowest BCUT2D eigenvalue weighted by molar-refractivity contribution is 0.0594. The van der Waals surface area contributed by atoms with E-state index < -0.39 is 5.97 Å². The number of anilines is 1. The normalized spacial score (nSPS) is 10.5. The van der Waals surface area contributed by atoms with Gasteiger partial charge in [0.25, 0.3) is 0 Å². The van der Waals surface area contributed by atoms with Gasteiger partial charge in [0, 0.05) is 30.2 Å². The molecule has 6 nitrogen and oxygen atoms in total. The van der Waals surface area contributed by atoms with Gasteiger partial charge in [-0.25, -0.2) is 9.78 Å². The van der Waals surface area contributed by atoms with Crippen molar-refractivity contribution in [2.45, 2.75) is 20.4 Å². The van der Waals surface area contributed by atoms with Crippen LogP contribution in [0.3, 0.4) is 0 Å². The molecule has 0 saturated carbocycles. The monoisotopic (exact) mass is 280 g/mol. The Morgan fingerprint density at radius 1 is 1.53 bits per heavy atom. The molecule has 2 aromatic rings. The molecular weight excluding hydrogens is 264 g/mol. The molecule has 2 aromatic heterocycles. The third-order valence-electron chi connectivity index (χ3n) is 2.72. The van der Waals surface area contributed by atoms with E-state index in [0.29, 0.717) is 17.4 Å². The Morgan fingerprint density at radius 2 is 2.26 bits per heavy atom. The van der Waals surface area contributed by atoms with Crippen LogP contribution in [-0.2, 0) is 18.3 Å². The summed E-state index contributed by atoms with van der Waals surface area (Å²) in [6.07, 6.45) is 1.96. The molecule has 0 radical (unpaired) electrons. The molecule has 0 aromatic carbocycles. The van der Waals surface area contributed by atoms with Gasteiger partial charge in [-0.3, -0.25) is 4.68 Å². The van der Waals surface area contributed by atoms with E-state index in [2.05, 4.69) is 20.1 Å². The first-order valence-electron chi connectivity index (χ1n) is 5.80. The van der Waals surface area contributed by atoms with Gasteiger partial charge in [-0.2, -0.15) is 5.10 Å². The maximum absolute atomic E-state index is 11.5. The van der Waals surface area contributed by atoms with Crippen LogP contribution in [0, 0.1) is 13.8 Å². The van der Waals surface area contributed by atoms with Crippen LogP contribution >= 0.6 is 11.3 Å². The van der Waals surface area contributed by atoms with Crippen molar-refractivity contribution in [2.24, 2.45) is 7.05 Å². The number of carbonyl (C=O) groups is 1. The van der Waals surface area contributed by atoms with Gasteiger partial charge in [0.2, 0.25) is 0 Å². The number of hydrogen-bond acceptors (Lipinski definition) is 6. The fraction of sp³-hybridized carbons (Fsp3) is 0.417. The van der Waals surface area contributed by atoms with Crippen molar-refractivity contribution >= 4 is 22.4 Å². The van der Waals surface area contributed by atoms with Crippen molar-refractivity contribution in [3.63, 3.8) is 0 Å². The lowest BCUT2D eigenvalue weighted by Crippen LogP contribution is -2.04. The molecule has 0 amide bonds. The highest BCUT2D eigenvalue weighted by atomic mass is 32.1. The number of ether oxygens (including phenoxy) is 1. The van der Waals surface area contributed by atoms with Gasteiger partial charge in [-0.1, -0.05) is 0 Å². The molecule has 0 aliphatic rings. The third kappa shape index (κ3) is 2.93. The first-order chi connectivity index (χ1) is 9.01. The lowest BCUT2D eigenvalue weighted by atomic mass is 10.3. The maximum atomic E-state index is 11.5. The molecule has 0 atom stereocenters. The fourth-order valence-electron chi connectivity index (χ4n) is 1.75. The molecule has 0 spiro atoms. The van der Waals surface area contributed by atoms with Crippen molar-refractivity contribution in [3.8, 4) is 0 Å². The lowest BCUT2D eigenvalue weighted by Gasteiger charge is -2.00.